The molecule has 4 heteroatoms. The maximum absolute atomic E-state index is 2.41. The van der Waals surface area contributed by atoms with Crippen molar-refractivity contribution in [3.63, 3.8) is 0 Å². The quantitative estimate of drug-likeness (QED) is 0.225. The zero-order chi connectivity index (χ0) is 20.6. The summed E-state index contributed by atoms with van der Waals surface area (Å²) in [6, 6.07) is 8.76. The predicted octanol–water partition coefficient (Wildman–Crippen LogP) is 5.12. The fourth-order valence-corrected chi connectivity index (χ4v) is 5.10. The van der Waals surface area contributed by atoms with Crippen LogP contribution in [0.15, 0.2) is 30.6 Å². The molecule has 0 radical (unpaired) electrons. The fraction of sp³-hybridized carbons (Fsp3) is 0.731. The second-order valence-corrected chi connectivity index (χ2v) is 9.57. The van der Waals surface area contributed by atoms with Crippen LogP contribution in [0.4, 0.5) is 0 Å². The van der Waals surface area contributed by atoms with Gasteiger partial charge in [-0.25, -0.2) is 9.13 Å². The number of aromatic nitrogens is 2. The van der Waals surface area contributed by atoms with Gasteiger partial charge in [0.25, 0.3) is 0 Å². The van der Waals surface area contributed by atoms with Crippen LogP contribution in [0.25, 0.3) is 11.0 Å². The maximum atomic E-state index is 2.41. The summed E-state index contributed by atoms with van der Waals surface area (Å²) in [5, 5.41) is 0. The van der Waals surface area contributed by atoms with Gasteiger partial charge in [-0.3, -0.25) is 0 Å². The van der Waals surface area contributed by atoms with E-state index in [1.54, 1.807) is 0 Å². The van der Waals surface area contributed by atoms with E-state index in [1.165, 1.54) is 107 Å². The van der Waals surface area contributed by atoms with Gasteiger partial charge in [-0.05, 0) is 31.2 Å². The molecule has 2 aromatic rings. The molecule has 30 heavy (non-hydrogen) atoms. The normalized spacial score (nSPS) is 11.1. The molecule has 1 heterocycles. The lowest BCUT2D eigenvalue weighted by atomic mass is 10.0. The summed E-state index contributed by atoms with van der Waals surface area (Å²) in [6.45, 7) is 5.56. The Labute approximate surface area is 196 Å². The van der Waals surface area contributed by atoms with Crippen LogP contribution in [-0.2, 0) is 12.4 Å². The number of benzene rings is 1. The van der Waals surface area contributed by atoms with Crippen molar-refractivity contribution in [2.75, 3.05) is 5.75 Å². The van der Waals surface area contributed by atoms with Crippen molar-refractivity contribution in [1.82, 2.24) is 4.57 Å². The summed E-state index contributed by atoms with van der Waals surface area (Å²) in [7, 11) is 0. The molecule has 0 aliphatic carbocycles. The smallest absolute Gasteiger partial charge is 0.245 e. The number of rotatable bonds is 18. The lowest BCUT2D eigenvalue weighted by Crippen LogP contribution is -3.00. The van der Waals surface area contributed by atoms with E-state index in [2.05, 4.69) is 65.3 Å². The van der Waals surface area contributed by atoms with Gasteiger partial charge < -0.3 is 12.4 Å². The van der Waals surface area contributed by atoms with Gasteiger partial charge in [0, 0.05) is 0 Å². The van der Waals surface area contributed by atoms with Crippen LogP contribution in [0.5, 0.6) is 0 Å². The van der Waals surface area contributed by atoms with Crippen molar-refractivity contribution in [1.29, 1.82) is 0 Å². The molecule has 0 aliphatic heterocycles. The molecule has 0 saturated carbocycles. The zero-order valence-corrected chi connectivity index (χ0v) is 21.2. The minimum atomic E-state index is 0. The minimum absolute atomic E-state index is 0. The van der Waals surface area contributed by atoms with Crippen LogP contribution in [0.2, 0.25) is 0 Å². The van der Waals surface area contributed by atoms with Gasteiger partial charge in [0.15, 0.2) is 11.0 Å². The lowest BCUT2D eigenvalue weighted by molar-refractivity contribution is -0.650. The molecule has 1 aromatic heterocycles. The first-order valence-corrected chi connectivity index (χ1v) is 13.6. The third-order valence-electron chi connectivity index (χ3n) is 5.99. The predicted molar refractivity (Wildman–Crippen MR) is 131 cm³/mol. The van der Waals surface area contributed by atoms with Crippen molar-refractivity contribution in [2.45, 2.75) is 116 Å². The molecule has 2 rings (SSSR count). The van der Waals surface area contributed by atoms with Crippen LogP contribution in [-0.4, -0.2) is 10.3 Å². The van der Waals surface area contributed by atoms with E-state index in [-0.39, 0.29) is 12.4 Å². The summed E-state index contributed by atoms with van der Waals surface area (Å²) >= 11 is 2.08. The van der Waals surface area contributed by atoms with Crippen LogP contribution in [0, 0.1) is 0 Å². The third kappa shape index (κ3) is 10.6. The second-order valence-electron chi connectivity index (χ2n) is 8.49. The van der Waals surface area contributed by atoms with Crippen LogP contribution >= 0.6 is 11.8 Å². The Hall–Kier alpha value is -0.670. The van der Waals surface area contributed by atoms with E-state index in [0.29, 0.717) is 0 Å². The molecule has 0 saturated heterocycles. The van der Waals surface area contributed by atoms with Gasteiger partial charge in [0.2, 0.25) is 6.33 Å². The summed E-state index contributed by atoms with van der Waals surface area (Å²) < 4.78 is 4.76. The first-order valence-electron chi connectivity index (χ1n) is 12.4. The number of fused-ring (bicyclic) bond motifs is 1. The van der Waals surface area contributed by atoms with Gasteiger partial charge in [0.1, 0.15) is 5.88 Å². The van der Waals surface area contributed by atoms with Crippen molar-refractivity contribution < 1.29 is 17.0 Å². The molecule has 0 bridgehead atoms. The van der Waals surface area contributed by atoms with E-state index in [9.17, 15) is 0 Å². The SMILES string of the molecule is CCCCCCCCCCCCCCCCSC[n+]1cn(CC)c2ccccc21.[Cl-]. The Morgan fingerprint density at radius 2 is 1.27 bits per heavy atom. The Morgan fingerprint density at radius 3 is 1.83 bits per heavy atom. The number of thioether (sulfide) groups is 1. The summed E-state index contributed by atoms with van der Waals surface area (Å²) in [5.74, 6) is 2.36. The monoisotopic (exact) mass is 452 g/mol. The molecule has 0 unspecified atom stereocenters. The van der Waals surface area contributed by atoms with Crippen molar-refractivity contribution in [3.8, 4) is 0 Å². The van der Waals surface area contributed by atoms with E-state index in [4.69, 9.17) is 0 Å². The van der Waals surface area contributed by atoms with E-state index >= 15 is 0 Å². The van der Waals surface area contributed by atoms with Crippen LogP contribution in [0.3, 0.4) is 0 Å². The number of para-hydroxylation sites is 2. The molecule has 0 amide bonds. The molecule has 172 valence electrons. The van der Waals surface area contributed by atoms with Gasteiger partial charge in [-0.1, -0.05) is 103 Å². The number of halogens is 1. The van der Waals surface area contributed by atoms with Crippen molar-refractivity contribution in [2.24, 2.45) is 0 Å². The largest absolute Gasteiger partial charge is 1.00 e. The summed E-state index contributed by atoms with van der Waals surface area (Å²) in [5.41, 5.74) is 2.72. The topological polar surface area (TPSA) is 8.81 Å². The molecule has 0 fully saturated rings. The Bertz CT molecular complexity index is 656. The standard InChI is InChI=1S/C26H45N2S.ClH/c1-3-5-6-7-8-9-10-11-12-13-14-15-16-19-22-29-24-28-23-27(4-2)25-20-17-18-21-26(25)28;/h17-18,20-21,23H,3-16,19,22,24H2,1-2H3;1H/q+1;/p-1. The maximum Gasteiger partial charge on any atom is 0.245 e. The minimum Gasteiger partial charge on any atom is -1.00 e. The highest BCUT2D eigenvalue weighted by Gasteiger charge is 2.13. The molecule has 0 N–H and O–H groups in total. The number of hydrogen-bond acceptors (Lipinski definition) is 1. The van der Waals surface area contributed by atoms with E-state index in [0.717, 1.165) is 12.4 Å². The molecular weight excluding hydrogens is 408 g/mol. The molecular formula is C26H45ClN2S. The average molecular weight is 453 g/mol. The highest BCUT2D eigenvalue weighted by Crippen LogP contribution is 2.15. The summed E-state index contributed by atoms with van der Waals surface area (Å²) in [4.78, 5) is 0. The lowest BCUT2D eigenvalue weighted by Gasteiger charge is -2.03. The average Bonchev–Trinajstić information content (AvgIpc) is 3.11. The highest BCUT2D eigenvalue weighted by molar-refractivity contribution is 7.98. The number of hydrogen-bond donors (Lipinski definition) is 0. The van der Waals surface area contributed by atoms with Crippen molar-refractivity contribution >= 4 is 22.8 Å². The molecule has 1 aromatic carbocycles. The molecule has 2 nitrogen and oxygen atoms in total. The van der Waals surface area contributed by atoms with Gasteiger partial charge >= 0.3 is 0 Å². The number of aryl methyl sites for hydroxylation is 1. The first kappa shape index (κ1) is 27.4. The summed E-state index contributed by atoms with van der Waals surface area (Å²) in [6.07, 6.45) is 22.4. The first-order chi connectivity index (χ1) is 14.4. The number of nitrogens with zero attached hydrogens (tertiary/aromatic N) is 2. The number of unbranched alkanes of at least 4 members (excludes halogenated alkanes) is 13. The molecule has 0 spiro atoms. The molecule has 0 atom stereocenters. The molecule has 0 aliphatic rings. The second kappa shape index (κ2) is 18.0. The Morgan fingerprint density at radius 1 is 0.733 bits per heavy atom. The van der Waals surface area contributed by atoms with E-state index < -0.39 is 0 Å². The fourth-order valence-electron chi connectivity index (χ4n) is 4.16. The van der Waals surface area contributed by atoms with Gasteiger partial charge in [-0.15, -0.1) is 11.8 Å². The van der Waals surface area contributed by atoms with Crippen molar-refractivity contribution in [3.05, 3.63) is 30.6 Å². The third-order valence-corrected chi connectivity index (χ3v) is 7.03. The Balaban J connectivity index is 0.00000450. The number of imidazole rings is 1. The van der Waals surface area contributed by atoms with Gasteiger partial charge in [-0.2, -0.15) is 0 Å². The van der Waals surface area contributed by atoms with E-state index in [1.807, 2.05) is 0 Å². The van der Waals surface area contributed by atoms with Crippen LogP contribution in [0.1, 0.15) is 104 Å². The van der Waals surface area contributed by atoms with Gasteiger partial charge in [0.05, 0.1) is 6.54 Å². The zero-order valence-electron chi connectivity index (χ0n) is 19.6. The Kier molecular flexibility index (Phi) is 16.4. The highest BCUT2D eigenvalue weighted by atomic mass is 35.5. The van der Waals surface area contributed by atoms with Crippen LogP contribution < -0.4 is 17.0 Å².